The van der Waals surface area contributed by atoms with Crippen molar-refractivity contribution in [2.75, 3.05) is 14.2 Å². The number of thioether (sulfide) groups is 1. The third-order valence-electron chi connectivity index (χ3n) is 4.10. The summed E-state index contributed by atoms with van der Waals surface area (Å²) < 4.78 is 9.94. The van der Waals surface area contributed by atoms with E-state index in [1.807, 2.05) is 0 Å². The summed E-state index contributed by atoms with van der Waals surface area (Å²) in [5.41, 5.74) is 2.12. The van der Waals surface area contributed by atoms with Gasteiger partial charge in [0.1, 0.15) is 27.9 Å². The number of aryl methyl sites for hydroxylation is 1. The average Bonchev–Trinajstić information content (AvgIpc) is 2.99. The number of carbonyl (C=O) groups excluding carboxylic acids is 1. The number of aromatic hydroxyl groups is 1. The minimum Gasteiger partial charge on any atom is -0.508 e. The van der Waals surface area contributed by atoms with Crippen LogP contribution in [-0.2, 0) is 9.53 Å². The molecule has 0 aliphatic carbocycles. The van der Waals surface area contributed by atoms with E-state index in [2.05, 4.69) is 4.99 Å². The normalized spacial score (nSPS) is 16.7. The lowest BCUT2D eigenvalue weighted by molar-refractivity contribution is -0.135. The van der Waals surface area contributed by atoms with E-state index < -0.39 is 5.97 Å². The zero-order valence-corrected chi connectivity index (χ0v) is 16.4. The number of phenolic OH excluding ortho intramolecular Hbond substituents is 1. The Bertz CT molecular complexity index is 1010. The van der Waals surface area contributed by atoms with E-state index in [1.165, 1.54) is 18.9 Å². The van der Waals surface area contributed by atoms with Gasteiger partial charge in [0.25, 0.3) is 0 Å². The second kappa shape index (κ2) is 8.22. The van der Waals surface area contributed by atoms with Gasteiger partial charge in [0.05, 0.1) is 24.8 Å². The molecule has 1 aliphatic heterocycles. The molecule has 0 spiro atoms. The first-order valence-electron chi connectivity index (χ1n) is 8.37. The number of aliphatic imine (C=N–C) groups is 1. The monoisotopic (exact) mass is 397 g/mol. The van der Waals surface area contributed by atoms with Gasteiger partial charge in [0, 0.05) is 0 Å². The highest BCUT2D eigenvalue weighted by molar-refractivity contribution is 8.18. The van der Waals surface area contributed by atoms with Crippen molar-refractivity contribution in [1.29, 1.82) is 0 Å². The molecule has 2 N–H and O–H groups in total. The van der Waals surface area contributed by atoms with Crippen molar-refractivity contribution < 1.29 is 24.5 Å². The summed E-state index contributed by atoms with van der Waals surface area (Å²) in [4.78, 5) is 17.2. The molecule has 1 heterocycles. The number of benzene rings is 2. The number of hydrogen-bond donors (Lipinski definition) is 2. The molecule has 0 amide bonds. The Morgan fingerprint density at radius 2 is 1.82 bits per heavy atom. The molecule has 1 aliphatic rings. The fourth-order valence-corrected chi connectivity index (χ4v) is 3.62. The van der Waals surface area contributed by atoms with E-state index in [0.29, 0.717) is 26.9 Å². The Balaban J connectivity index is 2.01. The number of aliphatic hydroxyl groups is 1. The Labute approximate surface area is 166 Å². The fourth-order valence-electron chi connectivity index (χ4n) is 2.58. The molecule has 7 heteroatoms. The predicted octanol–water partition coefficient (Wildman–Crippen LogP) is 4.51. The van der Waals surface area contributed by atoms with Gasteiger partial charge in [0.15, 0.2) is 0 Å². The summed E-state index contributed by atoms with van der Waals surface area (Å²) in [5, 5.41) is 20.6. The molecule has 2 aromatic rings. The van der Waals surface area contributed by atoms with Crippen LogP contribution >= 0.6 is 11.8 Å². The number of rotatable bonds is 4. The molecule has 0 unspecified atom stereocenters. The zero-order chi connectivity index (χ0) is 20.3. The van der Waals surface area contributed by atoms with Crippen LogP contribution in [0.15, 0.2) is 63.7 Å². The lowest BCUT2D eigenvalue weighted by Crippen LogP contribution is -2.10. The smallest absolute Gasteiger partial charge is 0.344 e. The number of phenols is 1. The van der Waals surface area contributed by atoms with Crippen molar-refractivity contribution in [3.05, 3.63) is 69.8 Å². The Morgan fingerprint density at radius 1 is 1.11 bits per heavy atom. The highest BCUT2D eigenvalue weighted by atomic mass is 32.2. The molecule has 144 valence electrons. The van der Waals surface area contributed by atoms with Crippen LogP contribution < -0.4 is 4.74 Å². The van der Waals surface area contributed by atoms with Crippen LogP contribution in [0, 0.1) is 6.92 Å². The quantitative estimate of drug-likeness (QED) is 0.738. The predicted molar refractivity (Wildman–Crippen MR) is 110 cm³/mol. The Hall–Kier alpha value is -3.19. The van der Waals surface area contributed by atoms with E-state index in [4.69, 9.17) is 9.47 Å². The number of hydrogen-bond acceptors (Lipinski definition) is 7. The second-order valence-electron chi connectivity index (χ2n) is 5.99. The van der Waals surface area contributed by atoms with Gasteiger partial charge < -0.3 is 19.7 Å². The number of carbonyl (C=O) groups is 1. The van der Waals surface area contributed by atoms with Gasteiger partial charge in [-0.2, -0.15) is 0 Å². The summed E-state index contributed by atoms with van der Waals surface area (Å²) in [7, 11) is 2.83. The number of methoxy groups -OCH3 is 2. The van der Waals surface area contributed by atoms with Crippen molar-refractivity contribution in [3.63, 3.8) is 0 Å². The lowest BCUT2D eigenvalue weighted by atomic mass is 10.1. The standard InChI is InChI=1S/C21H19NO5S/c1-12-10-13(4-9-16(12)23)11-17-19(24)18(21(25)27-3)20(28-17)22-14-5-7-15(26-2)8-6-14/h4-11,23-24H,1-3H3. The third-order valence-corrected chi connectivity index (χ3v) is 5.12. The van der Waals surface area contributed by atoms with Crippen LogP contribution in [0.4, 0.5) is 5.69 Å². The number of aliphatic hydroxyl groups excluding tert-OH is 1. The summed E-state index contributed by atoms with van der Waals surface area (Å²) in [5.74, 6) is 0.0354. The fraction of sp³-hybridized carbons (Fsp3) is 0.143. The number of nitrogens with zero attached hydrogens (tertiary/aromatic N) is 1. The van der Waals surface area contributed by atoms with E-state index in [-0.39, 0.29) is 17.1 Å². The first-order valence-corrected chi connectivity index (χ1v) is 9.18. The molecule has 0 saturated carbocycles. The molecule has 0 saturated heterocycles. The molecular weight excluding hydrogens is 378 g/mol. The first-order chi connectivity index (χ1) is 13.4. The molecular formula is C21H19NO5S. The van der Waals surface area contributed by atoms with E-state index in [0.717, 1.165) is 5.56 Å². The zero-order valence-electron chi connectivity index (χ0n) is 15.6. The van der Waals surface area contributed by atoms with Crippen molar-refractivity contribution in [1.82, 2.24) is 0 Å². The van der Waals surface area contributed by atoms with Crippen molar-refractivity contribution in [2.24, 2.45) is 4.99 Å². The van der Waals surface area contributed by atoms with Crippen molar-refractivity contribution in [2.45, 2.75) is 6.92 Å². The van der Waals surface area contributed by atoms with Crippen molar-refractivity contribution in [3.8, 4) is 11.5 Å². The highest BCUT2D eigenvalue weighted by Crippen LogP contribution is 2.40. The summed E-state index contributed by atoms with van der Waals surface area (Å²) in [6, 6.07) is 12.1. The molecule has 0 radical (unpaired) electrons. The highest BCUT2D eigenvalue weighted by Gasteiger charge is 2.33. The summed E-state index contributed by atoms with van der Waals surface area (Å²) in [6.07, 6.45) is 1.73. The molecule has 0 atom stereocenters. The Morgan fingerprint density at radius 3 is 2.43 bits per heavy atom. The maximum absolute atomic E-state index is 12.2. The Kier molecular flexibility index (Phi) is 5.75. The number of esters is 1. The first kappa shape index (κ1) is 19.6. The van der Waals surface area contributed by atoms with Gasteiger partial charge in [-0.3, -0.25) is 0 Å². The topological polar surface area (TPSA) is 88.4 Å². The maximum atomic E-state index is 12.2. The molecule has 2 aromatic carbocycles. The van der Waals surface area contributed by atoms with Crippen LogP contribution in [0.2, 0.25) is 0 Å². The molecule has 0 bridgehead atoms. The van der Waals surface area contributed by atoms with Gasteiger partial charge in [0.2, 0.25) is 0 Å². The molecule has 28 heavy (non-hydrogen) atoms. The van der Waals surface area contributed by atoms with Crippen LogP contribution in [0.1, 0.15) is 11.1 Å². The second-order valence-corrected chi connectivity index (χ2v) is 7.02. The molecule has 0 fully saturated rings. The van der Waals surface area contributed by atoms with Crippen LogP contribution in [-0.4, -0.2) is 35.4 Å². The van der Waals surface area contributed by atoms with Crippen molar-refractivity contribution >= 4 is 34.5 Å². The van der Waals surface area contributed by atoms with Gasteiger partial charge >= 0.3 is 5.97 Å². The molecule has 3 rings (SSSR count). The lowest BCUT2D eigenvalue weighted by Gasteiger charge is -2.03. The van der Waals surface area contributed by atoms with E-state index in [1.54, 1.807) is 62.6 Å². The minimum atomic E-state index is -0.664. The minimum absolute atomic E-state index is 0.0186. The van der Waals surface area contributed by atoms with Gasteiger partial charge in [-0.05, 0) is 60.5 Å². The third kappa shape index (κ3) is 4.04. The van der Waals surface area contributed by atoms with E-state index in [9.17, 15) is 15.0 Å². The summed E-state index contributed by atoms with van der Waals surface area (Å²) in [6.45, 7) is 1.78. The van der Waals surface area contributed by atoms with Crippen LogP contribution in [0.3, 0.4) is 0 Å². The number of ether oxygens (including phenoxy) is 2. The van der Waals surface area contributed by atoms with E-state index >= 15 is 0 Å². The maximum Gasteiger partial charge on any atom is 0.344 e. The van der Waals surface area contributed by atoms with Crippen LogP contribution in [0.5, 0.6) is 11.5 Å². The van der Waals surface area contributed by atoms with Gasteiger partial charge in [-0.1, -0.05) is 17.8 Å². The SMILES string of the molecule is COC(=O)C1=C(O)C(=Cc2ccc(O)c(C)c2)SC1=Nc1ccc(OC)cc1. The molecule has 6 nitrogen and oxygen atoms in total. The average molecular weight is 397 g/mol. The van der Waals surface area contributed by atoms with Crippen LogP contribution in [0.25, 0.3) is 6.08 Å². The molecule has 0 aromatic heterocycles. The van der Waals surface area contributed by atoms with Gasteiger partial charge in [-0.15, -0.1) is 0 Å². The van der Waals surface area contributed by atoms with Gasteiger partial charge in [-0.25, -0.2) is 9.79 Å². The summed E-state index contributed by atoms with van der Waals surface area (Å²) >= 11 is 1.17. The largest absolute Gasteiger partial charge is 0.508 e.